The lowest BCUT2D eigenvalue weighted by Crippen LogP contribution is -2.47. The highest BCUT2D eigenvalue weighted by Gasteiger charge is 2.56. The van der Waals surface area contributed by atoms with Crippen LogP contribution in [0.25, 0.3) is 0 Å². The van der Waals surface area contributed by atoms with Crippen molar-refractivity contribution in [2.45, 2.75) is 24.7 Å². The Labute approximate surface area is 95.0 Å². The van der Waals surface area contributed by atoms with Gasteiger partial charge >= 0.3 is 6.18 Å². The van der Waals surface area contributed by atoms with Crippen LogP contribution in [0.15, 0.2) is 0 Å². The first kappa shape index (κ1) is 12.2. The number of alkyl halides is 3. The van der Waals surface area contributed by atoms with E-state index in [9.17, 15) is 18.3 Å². The maximum atomic E-state index is 12.5. The van der Waals surface area contributed by atoms with E-state index in [-0.39, 0.29) is 19.5 Å². The molecule has 2 rings (SSSR count). The first-order chi connectivity index (χ1) is 7.80. The predicted octanol–water partition coefficient (Wildman–Crippen LogP) is -0.291. The summed E-state index contributed by atoms with van der Waals surface area (Å²) in [5, 5.41) is 20.6. The van der Waals surface area contributed by atoms with Crippen LogP contribution in [0.1, 0.15) is 12.2 Å². The summed E-state index contributed by atoms with van der Waals surface area (Å²) in [7, 11) is 1.58. The van der Waals surface area contributed by atoms with Gasteiger partial charge in [0.15, 0.2) is 11.4 Å². The van der Waals surface area contributed by atoms with Gasteiger partial charge in [-0.25, -0.2) is 0 Å². The Morgan fingerprint density at radius 3 is 2.65 bits per heavy atom. The molecule has 0 bridgehead atoms. The summed E-state index contributed by atoms with van der Waals surface area (Å²) in [6, 6.07) is 0. The highest BCUT2D eigenvalue weighted by atomic mass is 19.4. The number of likely N-dealkylation sites (tertiary alicyclic amines) is 1. The summed E-state index contributed by atoms with van der Waals surface area (Å²) in [5.74, 6) is 0.346. The quantitative estimate of drug-likeness (QED) is 0.782. The van der Waals surface area contributed by atoms with Crippen LogP contribution in [0.4, 0.5) is 13.2 Å². The number of β-amino-alcohol motifs (C(OH)–C–C–N with tert-alkyl or cyclic N) is 1. The fraction of sp³-hybridized carbons (Fsp3) is 0.875. The van der Waals surface area contributed by atoms with E-state index in [2.05, 4.69) is 15.4 Å². The van der Waals surface area contributed by atoms with Gasteiger partial charge in [-0.1, -0.05) is 0 Å². The normalized spacial score (nSPS) is 26.6. The molecule has 1 aromatic heterocycles. The average Bonchev–Trinajstić information content (AvgIpc) is 2.74. The molecular formula is C8H12F3N5O. The number of aliphatic hydroxyl groups is 1. The highest BCUT2D eigenvalue weighted by Crippen LogP contribution is 2.37. The SMILES string of the molecule is Cn1nnc(CN2CCC(O)(C(F)(F)F)C2)n1. The molecule has 1 N–H and O–H groups in total. The minimum absolute atomic E-state index is 0.159. The smallest absolute Gasteiger partial charge is 0.379 e. The number of nitrogens with zero attached hydrogens (tertiary/aromatic N) is 5. The van der Waals surface area contributed by atoms with Crippen LogP contribution < -0.4 is 0 Å². The first-order valence-corrected chi connectivity index (χ1v) is 5.04. The van der Waals surface area contributed by atoms with Crippen LogP contribution in [0.3, 0.4) is 0 Å². The van der Waals surface area contributed by atoms with E-state index in [0.29, 0.717) is 5.82 Å². The second kappa shape index (κ2) is 3.91. The number of rotatable bonds is 2. The highest BCUT2D eigenvalue weighted by molar-refractivity contribution is 4.96. The Morgan fingerprint density at radius 1 is 1.47 bits per heavy atom. The Kier molecular flexibility index (Phi) is 2.82. The fourth-order valence-corrected chi connectivity index (χ4v) is 1.82. The summed E-state index contributed by atoms with van der Waals surface area (Å²) in [6.07, 6.45) is -4.92. The maximum absolute atomic E-state index is 12.5. The number of aromatic nitrogens is 4. The largest absolute Gasteiger partial charge is 0.418 e. The van der Waals surface area contributed by atoms with Gasteiger partial charge in [0, 0.05) is 13.1 Å². The zero-order chi connectivity index (χ0) is 12.7. The zero-order valence-electron chi connectivity index (χ0n) is 9.15. The molecule has 0 aliphatic carbocycles. The second-order valence-electron chi connectivity index (χ2n) is 4.19. The number of hydrogen-bond acceptors (Lipinski definition) is 5. The van der Waals surface area contributed by atoms with Gasteiger partial charge in [-0.05, 0) is 11.6 Å². The summed E-state index contributed by atoms with van der Waals surface area (Å²) < 4.78 is 37.6. The molecule has 1 saturated heterocycles. The standard InChI is InChI=1S/C8H12F3N5O/c1-15-13-6(12-14-15)4-16-3-2-7(17,5-16)8(9,10)11/h17H,2-5H2,1H3. The monoisotopic (exact) mass is 251 g/mol. The van der Waals surface area contributed by atoms with Crippen LogP contribution in [0.2, 0.25) is 0 Å². The van der Waals surface area contributed by atoms with Gasteiger partial charge in [-0.15, -0.1) is 10.2 Å². The second-order valence-corrected chi connectivity index (χ2v) is 4.19. The third kappa shape index (κ3) is 2.39. The predicted molar refractivity (Wildman–Crippen MR) is 49.7 cm³/mol. The number of tetrazole rings is 1. The van der Waals surface area contributed by atoms with Crippen molar-refractivity contribution in [3.8, 4) is 0 Å². The van der Waals surface area contributed by atoms with Gasteiger partial charge in [0.1, 0.15) is 0 Å². The first-order valence-electron chi connectivity index (χ1n) is 5.04. The number of aryl methyl sites for hydroxylation is 1. The Hall–Kier alpha value is -1.22. The molecule has 6 nitrogen and oxygen atoms in total. The molecule has 1 unspecified atom stereocenters. The molecule has 0 spiro atoms. The van der Waals surface area contributed by atoms with Crippen molar-refractivity contribution in [1.82, 2.24) is 25.1 Å². The topological polar surface area (TPSA) is 67.1 Å². The Morgan fingerprint density at radius 2 is 2.18 bits per heavy atom. The Bertz CT molecular complexity index is 406. The van der Waals surface area contributed by atoms with E-state index in [1.54, 1.807) is 7.05 Å². The summed E-state index contributed by atoms with van der Waals surface area (Å²) in [5.41, 5.74) is -2.62. The molecule has 0 saturated carbocycles. The van der Waals surface area contributed by atoms with Crippen LogP contribution in [-0.4, -0.2) is 55.1 Å². The van der Waals surface area contributed by atoms with Crippen molar-refractivity contribution in [1.29, 1.82) is 0 Å². The molecule has 9 heteroatoms. The molecule has 1 aromatic rings. The molecule has 1 aliphatic rings. The fourth-order valence-electron chi connectivity index (χ4n) is 1.82. The molecule has 0 radical (unpaired) electrons. The third-order valence-corrected chi connectivity index (χ3v) is 2.77. The summed E-state index contributed by atoms with van der Waals surface area (Å²) in [4.78, 5) is 2.70. The van der Waals surface area contributed by atoms with E-state index < -0.39 is 18.3 Å². The summed E-state index contributed by atoms with van der Waals surface area (Å²) >= 11 is 0. The zero-order valence-corrected chi connectivity index (χ0v) is 9.15. The van der Waals surface area contributed by atoms with Crippen molar-refractivity contribution in [3.05, 3.63) is 5.82 Å². The molecule has 0 aromatic carbocycles. The van der Waals surface area contributed by atoms with Crippen molar-refractivity contribution in [3.63, 3.8) is 0 Å². The lowest BCUT2D eigenvalue weighted by atomic mass is 10.0. The minimum Gasteiger partial charge on any atom is -0.379 e. The van der Waals surface area contributed by atoms with Crippen molar-refractivity contribution in [2.24, 2.45) is 7.05 Å². The minimum atomic E-state index is -4.60. The molecule has 1 atom stereocenters. The molecule has 96 valence electrons. The van der Waals surface area contributed by atoms with Crippen LogP contribution >= 0.6 is 0 Å². The van der Waals surface area contributed by atoms with E-state index in [4.69, 9.17) is 0 Å². The Balaban J connectivity index is 1.99. The molecule has 0 amide bonds. The molecule has 17 heavy (non-hydrogen) atoms. The van der Waals surface area contributed by atoms with Gasteiger partial charge in [0.05, 0.1) is 13.6 Å². The van der Waals surface area contributed by atoms with Gasteiger partial charge < -0.3 is 5.11 Å². The number of halogens is 3. The summed E-state index contributed by atoms with van der Waals surface area (Å²) in [6.45, 7) is -0.130. The van der Waals surface area contributed by atoms with E-state index in [1.165, 1.54) is 9.70 Å². The van der Waals surface area contributed by atoms with E-state index in [1.807, 2.05) is 0 Å². The average molecular weight is 251 g/mol. The number of hydrogen-bond donors (Lipinski definition) is 1. The maximum Gasteiger partial charge on any atom is 0.418 e. The lowest BCUT2D eigenvalue weighted by Gasteiger charge is -2.25. The van der Waals surface area contributed by atoms with Crippen LogP contribution in [-0.2, 0) is 13.6 Å². The molecule has 1 aliphatic heterocycles. The van der Waals surface area contributed by atoms with Gasteiger partial charge in [-0.3, -0.25) is 4.90 Å². The van der Waals surface area contributed by atoms with Crippen molar-refractivity contribution >= 4 is 0 Å². The van der Waals surface area contributed by atoms with Crippen LogP contribution in [0, 0.1) is 0 Å². The third-order valence-electron chi connectivity index (χ3n) is 2.77. The van der Waals surface area contributed by atoms with Gasteiger partial charge in [-0.2, -0.15) is 18.0 Å². The van der Waals surface area contributed by atoms with Gasteiger partial charge in [0.2, 0.25) is 0 Å². The van der Waals surface area contributed by atoms with Gasteiger partial charge in [0.25, 0.3) is 0 Å². The lowest BCUT2D eigenvalue weighted by molar-refractivity contribution is -0.254. The van der Waals surface area contributed by atoms with Crippen molar-refractivity contribution in [2.75, 3.05) is 13.1 Å². The van der Waals surface area contributed by atoms with E-state index >= 15 is 0 Å². The van der Waals surface area contributed by atoms with E-state index in [0.717, 1.165) is 0 Å². The van der Waals surface area contributed by atoms with Crippen molar-refractivity contribution < 1.29 is 18.3 Å². The molecular weight excluding hydrogens is 239 g/mol. The molecule has 1 fully saturated rings. The molecule has 2 heterocycles. The van der Waals surface area contributed by atoms with Crippen LogP contribution in [0.5, 0.6) is 0 Å².